The molecule has 0 aliphatic heterocycles. The molecule has 0 saturated heterocycles. The molecule has 0 spiro atoms. The van der Waals surface area contributed by atoms with E-state index in [2.05, 4.69) is 0 Å². The number of rotatable bonds is 1. The summed E-state index contributed by atoms with van der Waals surface area (Å²) in [7, 11) is 3.36. The Morgan fingerprint density at radius 3 is 1.89 bits per heavy atom. The number of amides is 1. The first-order valence-electron chi connectivity index (χ1n) is 2.41. The van der Waals surface area contributed by atoms with Crippen LogP contribution >= 0.6 is 24.0 Å². The molecule has 0 aliphatic carbocycles. The summed E-state index contributed by atoms with van der Waals surface area (Å²) >= 11 is 5.43. The van der Waals surface area contributed by atoms with Crippen molar-refractivity contribution in [3.8, 4) is 0 Å². The van der Waals surface area contributed by atoms with Gasteiger partial charge in [0.2, 0.25) is 5.91 Å². The maximum Gasteiger partial charge on any atom is 0.239 e. The highest BCUT2D eigenvalue weighted by molar-refractivity contribution is 6.30. The zero-order valence-electron chi connectivity index (χ0n) is 5.72. The van der Waals surface area contributed by atoms with Crippen LogP contribution < -0.4 is 0 Å². The SMILES string of the molecule is CC(Cl)C(=O)N(C)C.Cl. The van der Waals surface area contributed by atoms with Crippen molar-refractivity contribution >= 4 is 29.9 Å². The third-order valence-corrected chi connectivity index (χ3v) is 0.968. The maximum atomic E-state index is 10.6. The highest BCUT2D eigenvalue weighted by Crippen LogP contribution is 1.95. The van der Waals surface area contributed by atoms with Gasteiger partial charge in [0, 0.05) is 14.1 Å². The molecule has 1 unspecified atom stereocenters. The predicted octanol–water partition coefficient (Wildman–Crippen LogP) is 1.12. The topological polar surface area (TPSA) is 20.3 Å². The molecule has 0 heterocycles. The number of hydrogen-bond donors (Lipinski definition) is 0. The van der Waals surface area contributed by atoms with Gasteiger partial charge in [0.25, 0.3) is 0 Å². The number of carbonyl (C=O) groups excluding carboxylic acids is 1. The van der Waals surface area contributed by atoms with E-state index in [1.165, 1.54) is 4.90 Å². The van der Waals surface area contributed by atoms with Crippen molar-refractivity contribution in [3.63, 3.8) is 0 Å². The number of alkyl halides is 1. The largest absolute Gasteiger partial charge is 0.348 e. The van der Waals surface area contributed by atoms with Gasteiger partial charge in [-0.1, -0.05) is 0 Å². The standard InChI is InChI=1S/C5H10ClNO.ClH/c1-4(6)5(8)7(2)3;/h4H,1-3H3;1H. The average Bonchev–Trinajstić information content (AvgIpc) is 1.64. The Balaban J connectivity index is 0. The van der Waals surface area contributed by atoms with Crippen molar-refractivity contribution in [2.24, 2.45) is 0 Å². The molecule has 1 amide bonds. The van der Waals surface area contributed by atoms with Crippen LogP contribution in [-0.2, 0) is 4.79 Å². The van der Waals surface area contributed by atoms with Gasteiger partial charge in [0.1, 0.15) is 5.38 Å². The van der Waals surface area contributed by atoms with Crippen molar-refractivity contribution in [1.82, 2.24) is 4.90 Å². The second-order valence-corrected chi connectivity index (χ2v) is 2.50. The number of halogens is 2. The molecule has 0 rings (SSSR count). The van der Waals surface area contributed by atoms with Gasteiger partial charge in [-0.15, -0.1) is 24.0 Å². The average molecular weight is 172 g/mol. The van der Waals surface area contributed by atoms with Gasteiger partial charge in [-0.3, -0.25) is 4.79 Å². The Morgan fingerprint density at radius 1 is 1.56 bits per heavy atom. The van der Waals surface area contributed by atoms with Gasteiger partial charge in [-0.25, -0.2) is 0 Å². The van der Waals surface area contributed by atoms with Gasteiger partial charge in [-0.05, 0) is 6.92 Å². The summed E-state index contributed by atoms with van der Waals surface area (Å²) in [4.78, 5) is 12.1. The second-order valence-electron chi connectivity index (χ2n) is 1.85. The minimum absolute atomic E-state index is 0. The lowest BCUT2D eigenvalue weighted by Gasteiger charge is -2.10. The van der Waals surface area contributed by atoms with Crippen LogP contribution in [-0.4, -0.2) is 30.3 Å². The first-order chi connectivity index (χ1) is 3.55. The van der Waals surface area contributed by atoms with Gasteiger partial charge in [-0.2, -0.15) is 0 Å². The Bertz CT molecular complexity index is 83.0. The molecule has 0 fully saturated rings. The van der Waals surface area contributed by atoms with E-state index in [9.17, 15) is 4.79 Å². The van der Waals surface area contributed by atoms with E-state index >= 15 is 0 Å². The van der Waals surface area contributed by atoms with Crippen molar-refractivity contribution in [2.45, 2.75) is 12.3 Å². The smallest absolute Gasteiger partial charge is 0.239 e. The maximum absolute atomic E-state index is 10.6. The number of nitrogens with zero attached hydrogens (tertiary/aromatic N) is 1. The van der Waals surface area contributed by atoms with Crippen molar-refractivity contribution in [3.05, 3.63) is 0 Å². The van der Waals surface area contributed by atoms with Gasteiger partial charge in [0.05, 0.1) is 0 Å². The lowest BCUT2D eigenvalue weighted by atomic mass is 10.4. The molecule has 0 radical (unpaired) electrons. The Hall–Kier alpha value is 0.0500. The molecule has 2 nitrogen and oxygen atoms in total. The Kier molecular flexibility index (Phi) is 6.40. The summed E-state index contributed by atoms with van der Waals surface area (Å²) < 4.78 is 0. The summed E-state index contributed by atoms with van der Waals surface area (Å²) in [6.07, 6.45) is 0. The van der Waals surface area contributed by atoms with Crippen LogP contribution in [0.4, 0.5) is 0 Å². The van der Waals surface area contributed by atoms with Crippen LogP contribution in [0.15, 0.2) is 0 Å². The third-order valence-electron chi connectivity index (χ3n) is 0.781. The van der Waals surface area contributed by atoms with Crippen LogP contribution in [0.2, 0.25) is 0 Å². The number of hydrogen-bond acceptors (Lipinski definition) is 1. The van der Waals surface area contributed by atoms with Crippen molar-refractivity contribution < 1.29 is 4.79 Å². The summed E-state index contributed by atoms with van der Waals surface area (Å²) in [6, 6.07) is 0. The van der Waals surface area contributed by atoms with Gasteiger partial charge >= 0.3 is 0 Å². The molecule has 56 valence electrons. The molecule has 0 bridgehead atoms. The fraction of sp³-hybridized carbons (Fsp3) is 0.800. The van der Waals surface area contributed by atoms with Crippen LogP contribution in [0.1, 0.15) is 6.92 Å². The molecule has 9 heavy (non-hydrogen) atoms. The molecule has 0 N–H and O–H groups in total. The second kappa shape index (κ2) is 4.89. The lowest BCUT2D eigenvalue weighted by molar-refractivity contribution is -0.127. The van der Waals surface area contributed by atoms with E-state index in [1.54, 1.807) is 21.0 Å². The third kappa shape index (κ3) is 4.55. The highest BCUT2D eigenvalue weighted by atomic mass is 35.5. The monoisotopic (exact) mass is 171 g/mol. The van der Waals surface area contributed by atoms with Crippen LogP contribution in [0, 0.1) is 0 Å². The molecular formula is C5H11Cl2NO. The van der Waals surface area contributed by atoms with Crippen molar-refractivity contribution in [2.75, 3.05) is 14.1 Å². The van der Waals surface area contributed by atoms with Gasteiger partial charge < -0.3 is 4.90 Å². The molecule has 1 atom stereocenters. The van der Waals surface area contributed by atoms with E-state index in [0.717, 1.165) is 0 Å². The van der Waals surface area contributed by atoms with E-state index < -0.39 is 5.38 Å². The predicted molar refractivity (Wildman–Crippen MR) is 41.3 cm³/mol. The molecule has 0 aromatic rings. The molecular weight excluding hydrogens is 161 g/mol. The molecule has 0 aliphatic rings. The highest BCUT2D eigenvalue weighted by Gasteiger charge is 2.09. The van der Waals surface area contributed by atoms with E-state index in [-0.39, 0.29) is 18.3 Å². The van der Waals surface area contributed by atoms with E-state index in [1.807, 2.05) is 0 Å². The fourth-order valence-corrected chi connectivity index (χ4v) is 0.551. The quantitative estimate of drug-likeness (QED) is 0.543. The van der Waals surface area contributed by atoms with Crippen LogP contribution in [0.3, 0.4) is 0 Å². The molecule has 0 saturated carbocycles. The zero-order chi connectivity index (χ0) is 6.73. The van der Waals surface area contributed by atoms with Gasteiger partial charge in [0.15, 0.2) is 0 Å². The molecule has 0 aromatic carbocycles. The van der Waals surface area contributed by atoms with Crippen LogP contribution in [0.25, 0.3) is 0 Å². The van der Waals surface area contributed by atoms with Crippen molar-refractivity contribution in [1.29, 1.82) is 0 Å². The summed E-state index contributed by atoms with van der Waals surface area (Å²) in [5.41, 5.74) is 0. The lowest BCUT2D eigenvalue weighted by Crippen LogP contribution is -2.28. The molecule has 0 aromatic heterocycles. The zero-order valence-corrected chi connectivity index (χ0v) is 7.29. The summed E-state index contributed by atoms with van der Waals surface area (Å²) in [5, 5.41) is -0.398. The normalized spacial score (nSPS) is 11.6. The minimum atomic E-state index is -0.398. The molecule has 4 heteroatoms. The van der Waals surface area contributed by atoms with E-state index in [4.69, 9.17) is 11.6 Å². The summed E-state index contributed by atoms with van der Waals surface area (Å²) in [5.74, 6) is -0.0494. The Labute approximate surface area is 66.6 Å². The minimum Gasteiger partial charge on any atom is -0.348 e. The van der Waals surface area contributed by atoms with Crippen LogP contribution in [0.5, 0.6) is 0 Å². The fourth-order valence-electron chi connectivity index (χ4n) is 0.356. The number of carbonyl (C=O) groups is 1. The van der Waals surface area contributed by atoms with E-state index in [0.29, 0.717) is 0 Å². The first kappa shape index (κ1) is 11.8. The Morgan fingerprint density at radius 2 is 1.89 bits per heavy atom. The summed E-state index contributed by atoms with van der Waals surface area (Å²) in [6.45, 7) is 1.66. The first-order valence-corrected chi connectivity index (χ1v) is 2.84.